The molecule has 10 nitrogen and oxygen atoms in total. The van der Waals surface area contributed by atoms with Crippen molar-refractivity contribution in [2.45, 2.75) is 32.5 Å². The van der Waals surface area contributed by atoms with E-state index in [1.165, 1.54) is 13.0 Å². The van der Waals surface area contributed by atoms with Crippen LogP contribution in [-0.2, 0) is 23.7 Å². The lowest BCUT2D eigenvalue weighted by Gasteiger charge is -2.36. The first-order chi connectivity index (χ1) is 19.4. The number of fused-ring (bicyclic) bond motifs is 1. The van der Waals surface area contributed by atoms with Crippen molar-refractivity contribution in [1.82, 2.24) is 4.57 Å². The van der Waals surface area contributed by atoms with Crippen molar-refractivity contribution in [3.8, 4) is 5.75 Å². The summed E-state index contributed by atoms with van der Waals surface area (Å²) >= 11 is 0. The first kappa shape index (κ1) is 29.3. The number of aromatic hydroxyl groups is 1. The molecule has 3 N–H and O–H groups in total. The second-order valence-electron chi connectivity index (χ2n) is 9.36. The van der Waals surface area contributed by atoms with Gasteiger partial charge in [0.1, 0.15) is 5.75 Å². The zero-order valence-corrected chi connectivity index (χ0v) is 22.7. The molecule has 10 heteroatoms. The summed E-state index contributed by atoms with van der Waals surface area (Å²) in [6, 6.07) is 14.1. The number of hydrogen-bond donors (Lipinski definition) is 3. The summed E-state index contributed by atoms with van der Waals surface area (Å²) in [4.78, 5) is 25.8. The molecule has 0 saturated carbocycles. The third-order valence-corrected chi connectivity index (χ3v) is 6.74. The van der Waals surface area contributed by atoms with Gasteiger partial charge in [-0.1, -0.05) is 30.3 Å². The van der Waals surface area contributed by atoms with Gasteiger partial charge in [0.2, 0.25) is 12.2 Å². The number of benzene rings is 2. The van der Waals surface area contributed by atoms with Gasteiger partial charge in [-0.05, 0) is 43.2 Å². The number of amides is 1. The van der Waals surface area contributed by atoms with Gasteiger partial charge >= 0.3 is 0 Å². The molecule has 2 heterocycles. The molecule has 40 heavy (non-hydrogen) atoms. The lowest BCUT2D eigenvalue weighted by Crippen LogP contribution is -2.38. The quantitative estimate of drug-likeness (QED) is 0.214. The van der Waals surface area contributed by atoms with Gasteiger partial charge in [-0.2, -0.15) is 0 Å². The van der Waals surface area contributed by atoms with E-state index in [2.05, 4.69) is 5.32 Å². The number of nitrogens with one attached hydrogen (secondary N) is 1. The molecule has 1 aromatic heterocycles. The number of phenols is 1. The van der Waals surface area contributed by atoms with E-state index in [0.717, 1.165) is 16.5 Å². The fraction of sp³-hybridized carbons (Fsp3) is 0.400. The van der Waals surface area contributed by atoms with E-state index in [1.54, 1.807) is 28.8 Å². The van der Waals surface area contributed by atoms with Crippen molar-refractivity contribution < 1.29 is 38.7 Å². The molecule has 214 valence electrons. The molecule has 3 aromatic rings. The summed E-state index contributed by atoms with van der Waals surface area (Å²) in [5.41, 5.74) is 1.89. The Morgan fingerprint density at radius 2 is 1.75 bits per heavy atom. The molecule has 0 saturated heterocycles. The van der Waals surface area contributed by atoms with Crippen LogP contribution in [0.15, 0.2) is 66.6 Å². The topological polar surface area (TPSA) is 128 Å². The van der Waals surface area contributed by atoms with Crippen LogP contribution in [0, 0.1) is 5.92 Å². The van der Waals surface area contributed by atoms with Crippen molar-refractivity contribution in [2.24, 2.45) is 5.92 Å². The zero-order chi connectivity index (χ0) is 28.5. The van der Waals surface area contributed by atoms with Crippen LogP contribution in [0.5, 0.6) is 5.75 Å². The maximum absolute atomic E-state index is 13.3. The Kier molecular flexibility index (Phi) is 10.3. The Morgan fingerprint density at radius 3 is 2.48 bits per heavy atom. The molecule has 0 radical (unpaired) electrons. The number of aliphatic hydroxyl groups excluding tert-OH is 1. The second kappa shape index (κ2) is 14.1. The zero-order valence-electron chi connectivity index (χ0n) is 22.7. The summed E-state index contributed by atoms with van der Waals surface area (Å²) in [6.45, 7) is 5.04. The highest BCUT2D eigenvalue weighted by Crippen LogP contribution is 2.42. The molecule has 4 rings (SSSR count). The van der Waals surface area contributed by atoms with E-state index in [0.29, 0.717) is 32.8 Å². The lowest BCUT2D eigenvalue weighted by atomic mass is 9.81. The maximum atomic E-state index is 13.3. The molecule has 1 aliphatic heterocycles. The van der Waals surface area contributed by atoms with Crippen molar-refractivity contribution in [3.63, 3.8) is 0 Å². The maximum Gasteiger partial charge on any atom is 0.290 e. The summed E-state index contributed by atoms with van der Waals surface area (Å²) in [5, 5.41) is 22.6. The van der Waals surface area contributed by atoms with E-state index in [9.17, 15) is 14.7 Å². The number of nitrogens with zero attached hydrogens (tertiary/aromatic N) is 1. The van der Waals surface area contributed by atoms with Crippen LogP contribution in [0.4, 0.5) is 5.69 Å². The second-order valence-corrected chi connectivity index (χ2v) is 9.36. The Balaban J connectivity index is 1.68. The molecule has 0 aliphatic carbocycles. The molecule has 3 atom stereocenters. The predicted molar refractivity (Wildman–Crippen MR) is 149 cm³/mol. The van der Waals surface area contributed by atoms with Gasteiger partial charge in [0, 0.05) is 43.6 Å². The number of carbonyl (C=O) groups is 2. The van der Waals surface area contributed by atoms with Crippen molar-refractivity contribution >= 4 is 28.4 Å². The molecular weight excluding hydrogens is 516 g/mol. The Hall–Kier alpha value is -3.70. The highest BCUT2D eigenvalue weighted by atomic mass is 16.7. The SMILES string of the molecule is CCO[C@@H]1OC(C(=O)Nc2ccccc2O)=C[C@H](c2cn(C(C)=O)c3ccccc23)[C@@H]1CCOCCOCCO. The van der Waals surface area contributed by atoms with Gasteiger partial charge in [-0.3, -0.25) is 14.2 Å². The first-order valence-corrected chi connectivity index (χ1v) is 13.4. The van der Waals surface area contributed by atoms with Crippen molar-refractivity contribution in [1.29, 1.82) is 0 Å². The van der Waals surface area contributed by atoms with Gasteiger partial charge in [0.25, 0.3) is 5.91 Å². The van der Waals surface area contributed by atoms with Gasteiger partial charge in [-0.25, -0.2) is 0 Å². The smallest absolute Gasteiger partial charge is 0.290 e. The minimum Gasteiger partial charge on any atom is -0.506 e. The van der Waals surface area contributed by atoms with Crippen LogP contribution in [0.2, 0.25) is 0 Å². The lowest BCUT2D eigenvalue weighted by molar-refractivity contribution is -0.166. The standard InChI is InChI=1S/C30H36N2O8/c1-3-39-30-22(12-14-37-16-17-38-15-13-33)23(24-19-32(20(2)34)26-10-6-4-8-21(24)26)18-28(40-30)29(36)31-25-9-5-7-11-27(25)35/h4-11,18-19,22-23,30,33,35H,3,12-17H2,1-2H3,(H,31,36)/t22-,23-,30+/m0/s1. The molecular formula is C30H36N2O8. The third-order valence-electron chi connectivity index (χ3n) is 6.74. The number of anilines is 1. The van der Waals surface area contributed by atoms with E-state index < -0.39 is 12.2 Å². The molecule has 0 fully saturated rings. The van der Waals surface area contributed by atoms with Crippen LogP contribution in [0.1, 0.15) is 36.5 Å². The average Bonchev–Trinajstić information content (AvgIpc) is 3.34. The molecule has 2 aromatic carbocycles. The molecule has 1 amide bonds. The predicted octanol–water partition coefficient (Wildman–Crippen LogP) is 4.04. The van der Waals surface area contributed by atoms with Crippen LogP contribution in [0.3, 0.4) is 0 Å². The van der Waals surface area contributed by atoms with Gasteiger partial charge < -0.3 is 34.5 Å². The van der Waals surface area contributed by atoms with Gasteiger partial charge in [0.15, 0.2) is 5.76 Å². The monoisotopic (exact) mass is 552 g/mol. The number of rotatable bonds is 13. The number of phenolic OH excluding ortho intramolecular Hbond substituents is 1. The Labute approximate surface area is 233 Å². The number of hydrogen-bond acceptors (Lipinski definition) is 8. The number of allylic oxidation sites excluding steroid dienone is 1. The van der Waals surface area contributed by atoms with Crippen LogP contribution < -0.4 is 5.32 Å². The highest BCUT2D eigenvalue weighted by molar-refractivity contribution is 6.03. The minimum atomic E-state index is -0.765. The van der Waals surface area contributed by atoms with Crippen LogP contribution in [-0.4, -0.2) is 72.5 Å². The summed E-state index contributed by atoms with van der Waals surface area (Å²) < 4.78 is 24.8. The van der Waals surface area contributed by atoms with E-state index >= 15 is 0 Å². The summed E-state index contributed by atoms with van der Waals surface area (Å²) in [7, 11) is 0. The third kappa shape index (κ3) is 6.89. The van der Waals surface area contributed by atoms with Crippen LogP contribution in [0.25, 0.3) is 10.9 Å². The van der Waals surface area contributed by atoms with Crippen molar-refractivity contribution in [2.75, 3.05) is 45.0 Å². The summed E-state index contributed by atoms with van der Waals surface area (Å²) in [6.07, 6.45) is 3.35. The Bertz CT molecular complexity index is 1330. The molecule has 0 bridgehead atoms. The van der Waals surface area contributed by atoms with Crippen LogP contribution >= 0.6 is 0 Å². The number of aliphatic hydroxyl groups is 1. The number of carbonyl (C=O) groups excluding carboxylic acids is 2. The number of aromatic nitrogens is 1. The highest BCUT2D eigenvalue weighted by Gasteiger charge is 2.39. The minimum absolute atomic E-state index is 0.0445. The Morgan fingerprint density at radius 1 is 1.02 bits per heavy atom. The molecule has 0 unspecified atom stereocenters. The molecule has 1 aliphatic rings. The number of ether oxygens (including phenoxy) is 4. The van der Waals surface area contributed by atoms with Crippen molar-refractivity contribution in [3.05, 3.63) is 72.1 Å². The number of para-hydroxylation sites is 3. The average molecular weight is 553 g/mol. The van der Waals surface area contributed by atoms with Gasteiger partial charge in [0.05, 0.1) is 37.6 Å². The van der Waals surface area contributed by atoms with E-state index in [4.69, 9.17) is 24.1 Å². The fourth-order valence-electron chi connectivity index (χ4n) is 4.90. The van der Waals surface area contributed by atoms with Gasteiger partial charge in [-0.15, -0.1) is 0 Å². The largest absolute Gasteiger partial charge is 0.506 e. The first-order valence-electron chi connectivity index (χ1n) is 13.4. The fourth-order valence-corrected chi connectivity index (χ4v) is 4.90. The molecule has 0 spiro atoms. The summed E-state index contributed by atoms with van der Waals surface area (Å²) in [5.74, 6) is -1.25. The normalized spacial score (nSPS) is 18.8. The van der Waals surface area contributed by atoms with E-state index in [1.807, 2.05) is 37.4 Å². The van der Waals surface area contributed by atoms with E-state index in [-0.39, 0.29) is 48.2 Å².